The predicted octanol–water partition coefficient (Wildman–Crippen LogP) is 3.64. The maximum atomic E-state index is 13.3. The van der Waals surface area contributed by atoms with Crippen LogP contribution in [0, 0.1) is 0 Å². The van der Waals surface area contributed by atoms with Crippen LogP contribution in [-0.4, -0.2) is 44.0 Å². The van der Waals surface area contributed by atoms with E-state index in [1.807, 2.05) is 61.5 Å². The van der Waals surface area contributed by atoms with Crippen LogP contribution in [0.1, 0.15) is 28.5 Å². The first-order valence-electron chi connectivity index (χ1n) is 12.0. The number of nitrogens with zero attached hydrogens (tertiary/aromatic N) is 6. The van der Waals surface area contributed by atoms with Gasteiger partial charge >= 0.3 is 0 Å². The Morgan fingerprint density at radius 1 is 1.03 bits per heavy atom. The normalized spacial score (nSPS) is 11.0. The first-order chi connectivity index (χ1) is 19.1. The summed E-state index contributed by atoms with van der Waals surface area (Å²) in [5.74, 6) is 0.557. The number of aromatic nitrogens is 5. The summed E-state index contributed by atoms with van der Waals surface area (Å²) in [6, 6.07) is 24.3. The molecule has 1 amide bonds. The number of nitrogen functional groups attached to an aromatic ring is 1. The van der Waals surface area contributed by atoms with E-state index in [0.29, 0.717) is 41.5 Å². The van der Waals surface area contributed by atoms with Crippen LogP contribution in [0.3, 0.4) is 0 Å². The Bertz CT molecular complexity index is 1580. The number of benzene rings is 3. The largest absolute Gasteiger partial charge is 0.490 e. The van der Waals surface area contributed by atoms with E-state index >= 15 is 0 Å². The molecule has 0 aliphatic rings. The molecule has 0 radical (unpaired) electrons. The van der Waals surface area contributed by atoms with E-state index in [2.05, 4.69) is 35.8 Å². The maximum Gasteiger partial charge on any atom is 0.292 e. The second-order valence-corrected chi connectivity index (χ2v) is 8.15. The summed E-state index contributed by atoms with van der Waals surface area (Å²) in [5, 5.41) is 19.6. The Labute approximate surface area is 223 Å². The predicted molar refractivity (Wildman–Crippen MR) is 143 cm³/mol. The second kappa shape index (κ2) is 11.7. The number of rotatable bonds is 10. The molecule has 0 unspecified atom stereocenters. The summed E-state index contributed by atoms with van der Waals surface area (Å²) in [6.45, 7) is 2.75. The molecular weight excluding hydrogens is 500 g/mol. The molecule has 12 heteroatoms. The van der Waals surface area contributed by atoms with Crippen molar-refractivity contribution in [3.05, 3.63) is 95.7 Å². The lowest BCUT2D eigenvalue weighted by Crippen LogP contribution is -2.22. The van der Waals surface area contributed by atoms with E-state index < -0.39 is 5.91 Å². The second-order valence-electron chi connectivity index (χ2n) is 8.15. The van der Waals surface area contributed by atoms with Gasteiger partial charge in [-0.05, 0) is 46.6 Å². The van der Waals surface area contributed by atoms with Crippen LogP contribution < -0.4 is 20.6 Å². The average Bonchev–Trinajstić information content (AvgIpc) is 3.60. The number of anilines is 1. The Morgan fingerprint density at radius 3 is 2.51 bits per heavy atom. The number of carbonyl (C=O) groups excluding carboxylic acids is 1. The number of ether oxygens (including phenoxy) is 2. The highest BCUT2D eigenvalue weighted by Gasteiger charge is 2.25. The molecule has 3 aromatic carbocycles. The van der Waals surface area contributed by atoms with E-state index in [1.54, 1.807) is 24.3 Å². The third-order valence-corrected chi connectivity index (χ3v) is 5.51. The molecule has 12 nitrogen and oxygen atoms in total. The van der Waals surface area contributed by atoms with Crippen molar-refractivity contribution in [1.82, 2.24) is 30.7 Å². The fraction of sp³-hybridized carbons (Fsp3) is 0.111. The van der Waals surface area contributed by atoms with Crippen molar-refractivity contribution in [2.45, 2.75) is 13.5 Å². The molecule has 0 spiro atoms. The van der Waals surface area contributed by atoms with Crippen molar-refractivity contribution in [2.75, 3.05) is 12.3 Å². The van der Waals surface area contributed by atoms with Crippen LogP contribution >= 0.6 is 0 Å². The van der Waals surface area contributed by atoms with Crippen LogP contribution in [0.2, 0.25) is 0 Å². The Morgan fingerprint density at radius 2 is 1.79 bits per heavy atom. The van der Waals surface area contributed by atoms with Crippen molar-refractivity contribution >= 4 is 17.9 Å². The van der Waals surface area contributed by atoms with Crippen molar-refractivity contribution in [3.8, 4) is 28.6 Å². The molecule has 5 rings (SSSR count). The fourth-order valence-corrected chi connectivity index (χ4v) is 3.71. The van der Waals surface area contributed by atoms with Gasteiger partial charge in [-0.25, -0.2) is 10.1 Å². The molecule has 2 heterocycles. The molecule has 3 N–H and O–H groups in total. The molecule has 2 aromatic heterocycles. The third-order valence-electron chi connectivity index (χ3n) is 5.51. The number of nitrogens with two attached hydrogens (primary N) is 1. The number of nitrogens with one attached hydrogen (secondary N) is 1. The minimum atomic E-state index is -0.592. The molecule has 0 fully saturated rings. The zero-order valence-corrected chi connectivity index (χ0v) is 20.9. The number of hydrogen-bond donors (Lipinski definition) is 2. The lowest BCUT2D eigenvalue weighted by molar-refractivity contribution is 0.0947. The van der Waals surface area contributed by atoms with E-state index in [9.17, 15) is 4.79 Å². The minimum Gasteiger partial charge on any atom is -0.490 e. The van der Waals surface area contributed by atoms with Gasteiger partial charge in [0.15, 0.2) is 17.2 Å². The van der Waals surface area contributed by atoms with Gasteiger partial charge in [-0.1, -0.05) is 65.9 Å². The smallest absolute Gasteiger partial charge is 0.292 e. The van der Waals surface area contributed by atoms with Crippen LogP contribution in [0.5, 0.6) is 11.5 Å². The van der Waals surface area contributed by atoms with E-state index in [4.69, 9.17) is 15.2 Å². The summed E-state index contributed by atoms with van der Waals surface area (Å²) in [6.07, 6.45) is 1.49. The lowest BCUT2D eigenvalue weighted by atomic mass is 10.1. The van der Waals surface area contributed by atoms with E-state index in [1.165, 1.54) is 6.21 Å². The Hall–Kier alpha value is -5.52. The van der Waals surface area contributed by atoms with Gasteiger partial charge in [0.25, 0.3) is 5.91 Å². The van der Waals surface area contributed by atoms with Crippen molar-refractivity contribution in [3.63, 3.8) is 0 Å². The molecule has 0 saturated heterocycles. The summed E-state index contributed by atoms with van der Waals surface area (Å²) < 4.78 is 17.5. The maximum absolute atomic E-state index is 13.3. The van der Waals surface area contributed by atoms with Gasteiger partial charge < -0.3 is 15.2 Å². The van der Waals surface area contributed by atoms with Crippen molar-refractivity contribution in [1.29, 1.82) is 0 Å². The van der Waals surface area contributed by atoms with Gasteiger partial charge in [-0.2, -0.15) is 9.78 Å². The quantitative estimate of drug-likeness (QED) is 0.206. The number of hydrogen-bond acceptors (Lipinski definition) is 10. The molecule has 39 heavy (non-hydrogen) atoms. The van der Waals surface area contributed by atoms with Crippen LogP contribution in [-0.2, 0) is 6.61 Å². The topological polar surface area (TPSA) is 156 Å². The molecule has 0 saturated carbocycles. The van der Waals surface area contributed by atoms with Gasteiger partial charge in [-0.15, -0.1) is 5.10 Å². The first kappa shape index (κ1) is 25.1. The van der Waals surface area contributed by atoms with Gasteiger partial charge in [0.05, 0.1) is 12.8 Å². The molecular formula is C27H24N8O4. The van der Waals surface area contributed by atoms with Gasteiger partial charge in [-0.3, -0.25) is 4.79 Å². The highest BCUT2D eigenvalue weighted by Crippen LogP contribution is 2.29. The zero-order valence-electron chi connectivity index (χ0n) is 20.9. The van der Waals surface area contributed by atoms with Gasteiger partial charge in [0.1, 0.15) is 12.3 Å². The highest BCUT2D eigenvalue weighted by atomic mass is 16.6. The molecule has 196 valence electrons. The summed E-state index contributed by atoms with van der Waals surface area (Å²) in [5.41, 5.74) is 11.1. The van der Waals surface area contributed by atoms with Gasteiger partial charge in [0, 0.05) is 5.56 Å². The first-order valence-corrected chi connectivity index (χ1v) is 12.0. The molecule has 0 aliphatic heterocycles. The van der Waals surface area contributed by atoms with E-state index in [-0.39, 0.29) is 17.3 Å². The zero-order chi connectivity index (χ0) is 27.0. The van der Waals surface area contributed by atoms with Crippen LogP contribution in [0.25, 0.3) is 17.1 Å². The van der Waals surface area contributed by atoms with Crippen LogP contribution in [0.4, 0.5) is 5.82 Å². The Balaban J connectivity index is 1.36. The monoisotopic (exact) mass is 524 g/mol. The van der Waals surface area contributed by atoms with Crippen LogP contribution in [0.15, 0.2) is 88.6 Å². The summed E-state index contributed by atoms with van der Waals surface area (Å²) >= 11 is 0. The summed E-state index contributed by atoms with van der Waals surface area (Å²) in [7, 11) is 0. The van der Waals surface area contributed by atoms with Crippen molar-refractivity contribution in [2.24, 2.45) is 5.10 Å². The number of carbonyl (C=O) groups is 1. The average molecular weight is 525 g/mol. The standard InChI is InChI=1S/C27H24N8O4/c1-2-37-22-15-19(13-14-21(22)38-17-18-9-5-3-6-10-18)16-29-31-27(36)24-23(20-11-7-4-8-12-20)30-34-35(24)26-25(28)32-39-33-26/h3-16H,2,17H2,1H3,(H2,28,32)(H,31,36)/b29-16-. The molecule has 5 aromatic rings. The fourth-order valence-electron chi connectivity index (χ4n) is 3.71. The highest BCUT2D eigenvalue weighted by molar-refractivity contribution is 5.99. The number of amides is 1. The third kappa shape index (κ3) is 5.74. The molecule has 0 atom stereocenters. The summed E-state index contributed by atoms with van der Waals surface area (Å²) in [4.78, 5) is 13.3. The minimum absolute atomic E-state index is 0.0336. The Kier molecular flexibility index (Phi) is 7.53. The SMILES string of the molecule is CCOc1cc(/C=N\NC(=O)c2c(-c3ccccc3)nnn2-c2nonc2N)ccc1OCc1ccccc1. The van der Waals surface area contributed by atoms with Crippen molar-refractivity contribution < 1.29 is 18.9 Å². The van der Waals surface area contributed by atoms with Gasteiger partial charge in [0.2, 0.25) is 11.6 Å². The molecule has 0 aliphatic carbocycles. The lowest BCUT2D eigenvalue weighted by Gasteiger charge is -2.12. The number of hydrazone groups is 1. The van der Waals surface area contributed by atoms with E-state index in [0.717, 1.165) is 10.2 Å². The molecule has 0 bridgehead atoms.